The topological polar surface area (TPSA) is 9.23 Å². The van der Waals surface area contributed by atoms with Crippen molar-refractivity contribution in [2.45, 2.75) is 39.5 Å². The highest BCUT2D eigenvalue weighted by Gasteiger charge is 1.97. The summed E-state index contributed by atoms with van der Waals surface area (Å²) >= 11 is 0. The van der Waals surface area contributed by atoms with E-state index in [1.165, 1.54) is 22.3 Å². The molecule has 2 aromatic rings. The third kappa shape index (κ3) is 5.35. The molecule has 0 atom stereocenters. The number of hydrogen-bond donors (Lipinski definition) is 0. The Kier molecular flexibility index (Phi) is 6.49. The molecular weight excluding hydrogens is 256 g/mol. The third-order valence-electron chi connectivity index (χ3n) is 3.93. The molecular formula is C20H26O. The minimum atomic E-state index is 0.804. The van der Waals surface area contributed by atoms with Crippen molar-refractivity contribution in [1.29, 1.82) is 0 Å². The van der Waals surface area contributed by atoms with Crippen LogP contribution in [0.3, 0.4) is 0 Å². The number of hydrogen-bond acceptors (Lipinski definition) is 1. The number of aryl methyl sites for hydroxylation is 2. The van der Waals surface area contributed by atoms with E-state index in [0.29, 0.717) is 0 Å². The summed E-state index contributed by atoms with van der Waals surface area (Å²) in [5.74, 6) is 0. The van der Waals surface area contributed by atoms with Gasteiger partial charge in [0.15, 0.2) is 0 Å². The lowest BCUT2D eigenvalue weighted by Crippen LogP contribution is -2.03. The lowest BCUT2D eigenvalue weighted by atomic mass is 10.1. The second kappa shape index (κ2) is 8.63. The Bertz CT molecular complexity index is 461. The molecule has 0 heterocycles. The quantitative estimate of drug-likeness (QED) is 0.642. The monoisotopic (exact) mass is 282 g/mol. The van der Waals surface area contributed by atoms with Crippen LogP contribution in [0.2, 0.25) is 0 Å². The van der Waals surface area contributed by atoms with Crippen molar-refractivity contribution in [1.82, 2.24) is 0 Å². The van der Waals surface area contributed by atoms with Gasteiger partial charge in [-0.3, -0.25) is 0 Å². The largest absolute Gasteiger partial charge is 0.381 e. The molecule has 0 unspecified atom stereocenters. The van der Waals surface area contributed by atoms with E-state index in [-0.39, 0.29) is 0 Å². The molecule has 2 rings (SSSR count). The van der Waals surface area contributed by atoms with Gasteiger partial charge in [-0.05, 0) is 47.9 Å². The van der Waals surface area contributed by atoms with Crippen LogP contribution in [-0.4, -0.2) is 13.2 Å². The normalized spacial score (nSPS) is 10.8. The average molecular weight is 282 g/mol. The minimum absolute atomic E-state index is 0.804. The Morgan fingerprint density at radius 3 is 1.24 bits per heavy atom. The van der Waals surface area contributed by atoms with Crippen molar-refractivity contribution in [3.05, 3.63) is 70.8 Å². The van der Waals surface area contributed by atoms with Crippen LogP contribution in [0.4, 0.5) is 0 Å². The first-order chi connectivity index (χ1) is 10.3. The smallest absolute Gasteiger partial charge is 0.0506 e. The molecule has 0 radical (unpaired) electrons. The zero-order chi connectivity index (χ0) is 14.9. The first-order valence-electron chi connectivity index (χ1n) is 8.05. The van der Waals surface area contributed by atoms with E-state index in [0.717, 1.165) is 38.9 Å². The van der Waals surface area contributed by atoms with Gasteiger partial charge in [0.25, 0.3) is 0 Å². The van der Waals surface area contributed by atoms with Gasteiger partial charge >= 0.3 is 0 Å². The van der Waals surface area contributed by atoms with E-state index < -0.39 is 0 Å². The van der Waals surface area contributed by atoms with Gasteiger partial charge in [-0.1, -0.05) is 62.4 Å². The molecule has 0 fully saturated rings. The maximum absolute atomic E-state index is 5.75. The fourth-order valence-corrected chi connectivity index (χ4v) is 2.37. The van der Waals surface area contributed by atoms with Gasteiger partial charge in [0.2, 0.25) is 0 Å². The molecule has 0 amide bonds. The Morgan fingerprint density at radius 2 is 0.905 bits per heavy atom. The summed E-state index contributed by atoms with van der Waals surface area (Å²) in [6, 6.07) is 17.7. The third-order valence-corrected chi connectivity index (χ3v) is 3.93. The molecule has 0 spiro atoms. The van der Waals surface area contributed by atoms with Gasteiger partial charge in [-0.2, -0.15) is 0 Å². The fraction of sp³-hybridized carbons (Fsp3) is 0.400. The van der Waals surface area contributed by atoms with Crippen LogP contribution in [0.25, 0.3) is 0 Å². The summed E-state index contributed by atoms with van der Waals surface area (Å²) in [6.07, 6.45) is 4.21. The zero-order valence-corrected chi connectivity index (χ0v) is 13.3. The minimum Gasteiger partial charge on any atom is -0.381 e. The predicted octanol–water partition coefficient (Wildman–Crippen LogP) is 4.61. The van der Waals surface area contributed by atoms with Gasteiger partial charge in [-0.25, -0.2) is 0 Å². The van der Waals surface area contributed by atoms with Crippen LogP contribution in [-0.2, 0) is 30.4 Å². The van der Waals surface area contributed by atoms with E-state index in [1.807, 2.05) is 0 Å². The first-order valence-corrected chi connectivity index (χ1v) is 8.05. The number of rotatable bonds is 8. The molecule has 0 aliphatic heterocycles. The zero-order valence-electron chi connectivity index (χ0n) is 13.3. The molecule has 112 valence electrons. The SMILES string of the molecule is CCc1ccc(CCOCCc2ccc(CC)cc2)cc1. The van der Waals surface area contributed by atoms with Crippen LogP contribution >= 0.6 is 0 Å². The van der Waals surface area contributed by atoms with E-state index in [2.05, 4.69) is 62.4 Å². The summed E-state index contributed by atoms with van der Waals surface area (Å²) in [6.45, 7) is 5.98. The van der Waals surface area contributed by atoms with Crippen LogP contribution in [0.5, 0.6) is 0 Å². The van der Waals surface area contributed by atoms with Gasteiger partial charge in [0.1, 0.15) is 0 Å². The highest BCUT2D eigenvalue weighted by Crippen LogP contribution is 2.07. The highest BCUT2D eigenvalue weighted by atomic mass is 16.5. The lowest BCUT2D eigenvalue weighted by molar-refractivity contribution is 0.140. The van der Waals surface area contributed by atoms with Crippen LogP contribution < -0.4 is 0 Å². The maximum atomic E-state index is 5.75. The van der Waals surface area contributed by atoms with Crippen molar-refractivity contribution in [2.24, 2.45) is 0 Å². The van der Waals surface area contributed by atoms with Crippen LogP contribution in [0.15, 0.2) is 48.5 Å². The summed E-state index contributed by atoms with van der Waals surface area (Å²) in [5.41, 5.74) is 5.52. The fourth-order valence-electron chi connectivity index (χ4n) is 2.37. The van der Waals surface area contributed by atoms with Gasteiger partial charge in [0.05, 0.1) is 13.2 Å². The molecule has 0 N–H and O–H groups in total. The summed E-state index contributed by atoms with van der Waals surface area (Å²) in [7, 11) is 0. The summed E-state index contributed by atoms with van der Waals surface area (Å²) < 4.78 is 5.75. The second-order valence-corrected chi connectivity index (χ2v) is 5.45. The van der Waals surface area contributed by atoms with E-state index >= 15 is 0 Å². The molecule has 0 aliphatic carbocycles. The lowest BCUT2D eigenvalue weighted by Gasteiger charge is -2.06. The van der Waals surface area contributed by atoms with E-state index in [1.54, 1.807) is 0 Å². The second-order valence-electron chi connectivity index (χ2n) is 5.45. The van der Waals surface area contributed by atoms with Crippen molar-refractivity contribution >= 4 is 0 Å². The molecule has 0 bridgehead atoms. The van der Waals surface area contributed by atoms with Gasteiger partial charge in [0, 0.05) is 0 Å². The standard InChI is InChI=1S/C20H26O/c1-3-17-5-9-19(10-6-17)13-15-21-16-14-20-11-7-18(4-2)8-12-20/h5-12H,3-4,13-16H2,1-2H3. The van der Waals surface area contributed by atoms with Crippen molar-refractivity contribution in [3.63, 3.8) is 0 Å². The molecule has 1 heteroatoms. The van der Waals surface area contributed by atoms with Crippen LogP contribution in [0.1, 0.15) is 36.1 Å². The molecule has 0 aromatic heterocycles. The average Bonchev–Trinajstić information content (AvgIpc) is 2.55. The predicted molar refractivity (Wildman–Crippen MR) is 89.9 cm³/mol. The molecule has 0 saturated heterocycles. The molecule has 2 aromatic carbocycles. The van der Waals surface area contributed by atoms with Gasteiger partial charge < -0.3 is 4.74 Å². The van der Waals surface area contributed by atoms with E-state index in [9.17, 15) is 0 Å². The highest BCUT2D eigenvalue weighted by molar-refractivity contribution is 5.23. The van der Waals surface area contributed by atoms with Crippen molar-refractivity contribution in [3.8, 4) is 0 Å². The Balaban J connectivity index is 1.64. The van der Waals surface area contributed by atoms with Crippen LogP contribution in [0, 0.1) is 0 Å². The maximum Gasteiger partial charge on any atom is 0.0506 e. The van der Waals surface area contributed by atoms with Crippen molar-refractivity contribution < 1.29 is 4.74 Å². The van der Waals surface area contributed by atoms with Crippen molar-refractivity contribution in [2.75, 3.05) is 13.2 Å². The van der Waals surface area contributed by atoms with Gasteiger partial charge in [-0.15, -0.1) is 0 Å². The molecule has 0 saturated carbocycles. The number of ether oxygens (including phenoxy) is 1. The Hall–Kier alpha value is -1.60. The first kappa shape index (κ1) is 15.8. The summed E-state index contributed by atoms with van der Waals surface area (Å²) in [4.78, 5) is 0. The number of benzene rings is 2. The molecule has 0 aliphatic rings. The molecule has 21 heavy (non-hydrogen) atoms. The molecule has 1 nitrogen and oxygen atoms in total. The summed E-state index contributed by atoms with van der Waals surface area (Å²) in [5, 5.41) is 0. The Labute approximate surface area is 129 Å². The Morgan fingerprint density at radius 1 is 0.571 bits per heavy atom. The van der Waals surface area contributed by atoms with E-state index in [4.69, 9.17) is 4.74 Å².